The minimum Gasteiger partial charge on any atom is -0.497 e. The Morgan fingerprint density at radius 2 is 1.37 bits per heavy atom. The third kappa shape index (κ3) is 5.55. The molecule has 1 aliphatic heterocycles. The average Bonchev–Trinajstić information content (AvgIpc) is 3.43. The molecular formula is C28H28F7NO6S. The summed E-state index contributed by atoms with van der Waals surface area (Å²) in [6.45, 7) is -0.579. The molecule has 2 aromatic rings. The summed E-state index contributed by atoms with van der Waals surface area (Å²) in [6.07, 6.45) is -11.9. The summed E-state index contributed by atoms with van der Waals surface area (Å²) < 4.78 is 126. The quantitative estimate of drug-likeness (QED) is 0.386. The number of ether oxygens (including phenoxy) is 1. The summed E-state index contributed by atoms with van der Waals surface area (Å²) in [7, 11) is -3.12. The van der Waals surface area contributed by atoms with E-state index in [1.54, 1.807) is 0 Å². The van der Waals surface area contributed by atoms with Crippen LogP contribution in [0.1, 0.15) is 43.2 Å². The number of hydrogen-bond donors (Lipinski definition) is 1. The Morgan fingerprint density at radius 1 is 0.860 bits per heavy atom. The molecule has 1 heterocycles. The van der Waals surface area contributed by atoms with Gasteiger partial charge in [0.1, 0.15) is 10.5 Å². The lowest BCUT2D eigenvalue weighted by Crippen LogP contribution is -2.50. The fourth-order valence-corrected chi connectivity index (χ4v) is 7.98. The van der Waals surface area contributed by atoms with Crippen molar-refractivity contribution in [2.45, 2.75) is 59.8 Å². The van der Waals surface area contributed by atoms with Gasteiger partial charge < -0.3 is 14.7 Å². The summed E-state index contributed by atoms with van der Waals surface area (Å²) in [4.78, 5) is 25.7. The molecule has 1 aliphatic carbocycles. The van der Waals surface area contributed by atoms with Crippen LogP contribution in [0.3, 0.4) is 0 Å². The number of carboxylic acids is 1. The van der Waals surface area contributed by atoms with Crippen molar-refractivity contribution in [3.05, 3.63) is 59.7 Å². The predicted octanol–water partition coefficient (Wildman–Crippen LogP) is 5.78. The number of amides is 1. The Kier molecular flexibility index (Phi) is 8.55. The lowest BCUT2D eigenvalue weighted by molar-refractivity contribution is -0.348. The third-order valence-electron chi connectivity index (χ3n) is 8.44. The number of rotatable bonds is 7. The molecule has 1 amide bonds. The highest BCUT2D eigenvalue weighted by Gasteiger charge is 2.73. The average molecular weight is 640 g/mol. The Hall–Kier alpha value is -3.36. The number of benzene rings is 2. The molecule has 1 N–H and O–H groups in total. The van der Waals surface area contributed by atoms with Crippen molar-refractivity contribution in [2.24, 2.45) is 11.8 Å². The molecule has 4 rings (SSSR count). The Balaban J connectivity index is 1.75. The van der Waals surface area contributed by atoms with E-state index in [0.717, 1.165) is 0 Å². The molecular weight excluding hydrogens is 611 g/mol. The van der Waals surface area contributed by atoms with E-state index >= 15 is 0 Å². The summed E-state index contributed by atoms with van der Waals surface area (Å²) in [5, 5.41) is 9.24. The highest BCUT2D eigenvalue weighted by molar-refractivity contribution is 7.92. The third-order valence-corrected chi connectivity index (χ3v) is 10.9. The Morgan fingerprint density at radius 3 is 1.84 bits per heavy atom. The number of carboxylic acid groups (broad SMARTS) is 1. The van der Waals surface area contributed by atoms with Gasteiger partial charge in [-0.15, -0.1) is 0 Å². The minimum atomic E-state index is -6.35. The molecule has 15 heteroatoms. The monoisotopic (exact) mass is 639 g/mol. The summed E-state index contributed by atoms with van der Waals surface area (Å²) in [6, 6.07) is 7.11. The highest BCUT2D eigenvalue weighted by Crippen LogP contribution is 2.54. The van der Waals surface area contributed by atoms with Gasteiger partial charge in [-0.05, 0) is 61.9 Å². The van der Waals surface area contributed by atoms with Crippen molar-refractivity contribution in [1.82, 2.24) is 4.90 Å². The summed E-state index contributed by atoms with van der Waals surface area (Å²) in [5.74, 6) is -2.27. The number of methoxy groups -OCH3 is 1. The second kappa shape index (κ2) is 11.3. The smallest absolute Gasteiger partial charge is 0.435 e. The zero-order chi connectivity index (χ0) is 32.0. The van der Waals surface area contributed by atoms with Crippen molar-refractivity contribution in [1.29, 1.82) is 0 Å². The van der Waals surface area contributed by atoms with Crippen LogP contribution in [-0.2, 0) is 29.8 Å². The van der Waals surface area contributed by atoms with Crippen LogP contribution in [0.2, 0.25) is 0 Å². The van der Waals surface area contributed by atoms with Crippen LogP contribution in [-0.4, -0.2) is 62.9 Å². The van der Waals surface area contributed by atoms with E-state index < -0.39 is 68.4 Å². The van der Waals surface area contributed by atoms with Gasteiger partial charge in [-0.1, -0.05) is 24.3 Å². The molecule has 0 aromatic heterocycles. The van der Waals surface area contributed by atoms with Crippen molar-refractivity contribution in [2.75, 3.05) is 20.2 Å². The molecule has 43 heavy (non-hydrogen) atoms. The molecule has 0 spiro atoms. The van der Waals surface area contributed by atoms with Gasteiger partial charge in [0.05, 0.1) is 17.9 Å². The number of hydrogen-bond acceptors (Lipinski definition) is 5. The molecule has 2 aromatic carbocycles. The van der Waals surface area contributed by atoms with Crippen LogP contribution in [0.5, 0.6) is 5.75 Å². The standard InChI is InChI=1S/C28H28F7NO6S/c1-42-21-10-12-22(13-11-21)43(40,41)25(14-15-36(16-25)23(37)17-2-4-18(5-3-17)24(38)39)19-6-8-20(9-7-19)26(29,27(30,31)32)28(33,34)35/h6-13,17-18H,2-5,14-16H2,1H3,(H,38,39)/t17-,18-,25-/m0/s1. The van der Waals surface area contributed by atoms with Crippen molar-refractivity contribution in [3.63, 3.8) is 0 Å². The van der Waals surface area contributed by atoms with Gasteiger partial charge in [0.15, 0.2) is 9.84 Å². The van der Waals surface area contributed by atoms with Crippen molar-refractivity contribution >= 4 is 21.7 Å². The molecule has 236 valence electrons. The fraction of sp³-hybridized carbons (Fsp3) is 0.500. The van der Waals surface area contributed by atoms with Crippen LogP contribution >= 0.6 is 0 Å². The van der Waals surface area contributed by atoms with E-state index in [4.69, 9.17) is 4.74 Å². The first-order valence-corrected chi connectivity index (χ1v) is 14.7. The molecule has 2 fully saturated rings. The molecule has 1 saturated carbocycles. The first-order valence-electron chi connectivity index (χ1n) is 13.2. The van der Waals surface area contributed by atoms with Crippen LogP contribution in [0.15, 0.2) is 53.4 Å². The number of halogens is 7. The van der Waals surface area contributed by atoms with Gasteiger partial charge in [0.2, 0.25) is 5.91 Å². The van der Waals surface area contributed by atoms with Crippen LogP contribution in [0, 0.1) is 11.8 Å². The Bertz CT molecular complexity index is 1440. The second-order valence-electron chi connectivity index (χ2n) is 10.8. The van der Waals surface area contributed by atoms with Gasteiger partial charge in [-0.2, -0.15) is 26.3 Å². The number of aliphatic carboxylic acids is 1. The normalized spacial score (nSPS) is 23.7. The zero-order valence-corrected chi connectivity index (χ0v) is 23.5. The van der Waals surface area contributed by atoms with Gasteiger partial charge in [0, 0.05) is 24.6 Å². The number of carbonyl (C=O) groups excluding carboxylic acids is 1. The molecule has 1 atom stereocenters. The maximum Gasteiger partial charge on any atom is 0.435 e. The summed E-state index contributed by atoms with van der Waals surface area (Å²) >= 11 is 0. The molecule has 2 aliphatic rings. The highest BCUT2D eigenvalue weighted by atomic mass is 32.2. The fourth-order valence-electron chi connectivity index (χ4n) is 5.90. The lowest BCUT2D eigenvalue weighted by Gasteiger charge is -2.33. The zero-order valence-electron chi connectivity index (χ0n) is 22.7. The number of nitrogens with zero attached hydrogens (tertiary/aromatic N) is 1. The van der Waals surface area contributed by atoms with Crippen molar-refractivity contribution in [3.8, 4) is 5.75 Å². The predicted molar refractivity (Wildman–Crippen MR) is 137 cm³/mol. The van der Waals surface area contributed by atoms with Crippen molar-refractivity contribution < 1.29 is 58.6 Å². The van der Waals surface area contributed by atoms with Gasteiger partial charge in [-0.3, -0.25) is 9.59 Å². The van der Waals surface area contributed by atoms with E-state index in [2.05, 4.69) is 0 Å². The maximum absolute atomic E-state index is 14.7. The van der Waals surface area contributed by atoms with E-state index in [9.17, 15) is 53.8 Å². The van der Waals surface area contributed by atoms with E-state index in [1.807, 2.05) is 0 Å². The number of alkyl halides is 7. The second-order valence-corrected chi connectivity index (χ2v) is 13.1. The molecule has 0 bridgehead atoms. The first-order chi connectivity index (χ1) is 19.9. The Labute approximate surface area is 242 Å². The van der Waals surface area contributed by atoms with E-state index in [1.165, 1.54) is 36.3 Å². The van der Waals surface area contributed by atoms with Crippen LogP contribution in [0.25, 0.3) is 0 Å². The molecule has 0 unspecified atom stereocenters. The van der Waals surface area contributed by atoms with Crippen LogP contribution in [0.4, 0.5) is 30.7 Å². The van der Waals surface area contributed by atoms with Gasteiger partial charge in [0.25, 0.3) is 0 Å². The molecule has 1 saturated heterocycles. The summed E-state index contributed by atoms with van der Waals surface area (Å²) in [5.41, 5.74) is -7.69. The molecule has 0 radical (unpaired) electrons. The lowest BCUT2D eigenvalue weighted by atomic mass is 9.81. The number of carbonyl (C=O) groups is 2. The number of sulfone groups is 1. The molecule has 7 nitrogen and oxygen atoms in total. The van der Waals surface area contributed by atoms with Gasteiger partial charge in [-0.25, -0.2) is 12.8 Å². The topological polar surface area (TPSA) is 101 Å². The number of likely N-dealkylation sites (tertiary alicyclic amines) is 1. The maximum atomic E-state index is 14.7. The minimum absolute atomic E-state index is 0.104. The van der Waals surface area contributed by atoms with E-state index in [-0.39, 0.29) is 61.2 Å². The first kappa shape index (κ1) is 32.6. The van der Waals surface area contributed by atoms with E-state index in [0.29, 0.717) is 17.9 Å². The van der Waals surface area contributed by atoms with Crippen LogP contribution < -0.4 is 4.74 Å². The van der Waals surface area contributed by atoms with Gasteiger partial charge >= 0.3 is 24.0 Å². The SMILES string of the molecule is COc1ccc(S(=O)(=O)[C@@]2(c3ccc(C(F)(C(F)(F)F)C(F)(F)F)cc3)CCN(C(=O)[C@H]3CC[C@H](C(=O)O)CC3)C2)cc1. The largest absolute Gasteiger partial charge is 0.497 e.